The summed E-state index contributed by atoms with van der Waals surface area (Å²) in [5.74, 6) is -0.906. The highest BCUT2D eigenvalue weighted by molar-refractivity contribution is 6.44. The van der Waals surface area contributed by atoms with Crippen molar-refractivity contribution in [3.63, 3.8) is 0 Å². The lowest BCUT2D eigenvalue weighted by atomic mass is 9.82. The lowest BCUT2D eigenvalue weighted by molar-refractivity contribution is -0.125. The van der Waals surface area contributed by atoms with Crippen LogP contribution in [-0.4, -0.2) is 56.8 Å². The molecule has 158 valence electrons. The topological polar surface area (TPSA) is 122 Å². The third kappa shape index (κ3) is 3.66. The van der Waals surface area contributed by atoms with E-state index < -0.39 is 11.6 Å². The van der Waals surface area contributed by atoms with Crippen molar-refractivity contribution in [1.29, 1.82) is 0 Å². The molecule has 10 heteroatoms. The van der Waals surface area contributed by atoms with Gasteiger partial charge >= 0.3 is 6.03 Å². The first kappa shape index (κ1) is 21.7. The summed E-state index contributed by atoms with van der Waals surface area (Å²) in [5, 5.41) is 5.13. The quantitative estimate of drug-likeness (QED) is 0.257. The van der Waals surface area contributed by atoms with Crippen LogP contribution in [0.15, 0.2) is 30.3 Å². The Morgan fingerprint density at radius 1 is 1.09 bits per heavy atom. The average molecular weight is 426 g/mol. The van der Waals surface area contributed by atoms with Crippen LogP contribution < -0.4 is 27.3 Å². The van der Waals surface area contributed by atoms with Gasteiger partial charge in [0.15, 0.2) is 5.78 Å². The number of amides is 4. The summed E-state index contributed by atoms with van der Waals surface area (Å²) < 4.78 is 0. The van der Waals surface area contributed by atoms with Crippen molar-refractivity contribution in [2.75, 3.05) is 18.1 Å². The fourth-order valence-electron chi connectivity index (χ4n) is 4.23. The van der Waals surface area contributed by atoms with Crippen molar-refractivity contribution in [3.05, 3.63) is 47.0 Å². The minimum absolute atomic E-state index is 0.0181. The summed E-state index contributed by atoms with van der Waals surface area (Å²) in [4.78, 5) is 50.5. The first-order valence-corrected chi connectivity index (χ1v) is 10.1. The highest BCUT2D eigenvalue weighted by Gasteiger charge is 2.54. The number of nitrogen functional groups attached to an aromatic ring is 1. The number of rotatable bonds is 5. The molecule has 1 aliphatic heterocycles. The molecule has 1 aliphatic carbocycles. The first-order valence-electron chi connectivity index (χ1n) is 10.1. The summed E-state index contributed by atoms with van der Waals surface area (Å²) >= 11 is 0. The molecule has 4 N–H and O–H groups in total. The van der Waals surface area contributed by atoms with Gasteiger partial charge in [0.25, 0.3) is 5.91 Å². The maximum absolute atomic E-state index is 12.4. The molecular weight excluding hydrogens is 406 g/mol. The molecule has 4 radical (unpaired) electrons. The molecule has 4 amide bonds. The van der Waals surface area contributed by atoms with Crippen molar-refractivity contribution in [2.45, 2.75) is 31.2 Å². The van der Waals surface area contributed by atoms with Crippen molar-refractivity contribution >= 4 is 61.6 Å². The van der Waals surface area contributed by atoms with E-state index in [4.69, 9.17) is 21.4 Å². The Morgan fingerprint density at radius 3 is 2.38 bits per heavy atom. The van der Waals surface area contributed by atoms with Crippen molar-refractivity contribution in [1.82, 2.24) is 10.2 Å². The molecule has 2 aliphatic rings. The van der Waals surface area contributed by atoms with Crippen LogP contribution in [0.3, 0.4) is 0 Å². The number of hydrogen-bond acceptors (Lipinski definition) is 5. The number of urea groups is 1. The molecule has 1 atom stereocenters. The van der Waals surface area contributed by atoms with E-state index in [2.05, 4.69) is 10.6 Å². The highest BCUT2D eigenvalue weighted by Crippen LogP contribution is 2.38. The Kier molecular flexibility index (Phi) is 5.32. The van der Waals surface area contributed by atoms with Crippen molar-refractivity contribution < 1.29 is 19.2 Å². The Labute approximate surface area is 187 Å². The van der Waals surface area contributed by atoms with Crippen LogP contribution in [0.2, 0.25) is 0 Å². The van der Waals surface area contributed by atoms with Gasteiger partial charge in [0, 0.05) is 49.7 Å². The number of likely N-dealkylation sites (N-methyl/N-ethyl adjacent to an activating group) is 1. The van der Waals surface area contributed by atoms with Crippen molar-refractivity contribution in [2.24, 2.45) is 0 Å². The molecule has 8 nitrogen and oxygen atoms in total. The summed E-state index contributed by atoms with van der Waals surface area (Å²) in [6.07, 6.45) is 0.755. The number of Topliss-reactive ketones (excluding diaryl/α,β-unsaturated/α-hetero) is 1. The number of carbonyl (C=O) groups is 4. The number of hydrogen-bond donors (Lipinski definition) is 3. The Morgan fingerprint density at radius 2 is 1.75 bits per heavy atom. The summed E-state index contributed by atoms with van der Waals surface area (Å²) in [6, 6.07) is 7.87. The average Bonchev–Trinajstić information content (AvgIpc) is 3.23. The van der Waals surface area contributed by atoms with Gasteiger partial charge in [0.1, 0.15) is 21.2 Å². The molecular formula is C22H20B2N4O4. The van der Waals surface area contributed by atoms with Crippen LogP contribution in [0, 0.1) is 0 Å². The van der Waals surface area contributed by atoms with Crippen LogP contribution in [-0.2, 0) is 22.4 Å². The molecule has 1 unspecified atom stereocenters. The van der Waals surface area contributed by atoms with E-state index in [1.54, 1.807) is 19.2 Å². The third-order valence-electron chi connectivity index (χ3n) is 6.19. The molecule has 4 rings (SSSR count). The largest absolute Gasteiger partial charge is 0.400 e. The standard InChI is InChI=1S/C22H20B2N4O4/c1-28-21(32)27-20(31)22(28)9-11-2-3-14(6-13(11)10-22)26-18(30)5-4-17(29)12-7-15(23)19(25)16(24)8-12/h2-3,6-8H,4-5,9-10,25H2,1H3,(H,26,30)(H,27,31,32). The second-order valence-corrected chi connectivity index (χ2v) is 8.23. The molecule has 0 saturated carbocycles. The number of fused-ring (bicyclic) bond motifs is 1. The smallest absolute Gasteiger partial charge is 0.324 e. The van der Waals surface area contributed by atoms with Crippen LogP contribution in [0.25, 0.3) is 0 Å². The second kappa shape index (κ2) is 7.85. The van der Waals surface area contributed by atoms with Gasteiger partial charge in [-0.3, -0.25) is 19.7 Å². The predicted molar refractivity (Wildman–Crippen MR) is 122 cm³/mol. The van der Waals surface area contributed by atoms with Crippen LogP contribution in [0.1, 0.15) is 34.3 Å². The number of nitrogens with zero attached hydrogens (tertiary/aromatic N) is 1. The molecule has 1 saturated heterocycles. The van der Waals surface area contributed by atoms with Gasteiger partial charge in [-0.05, 0) is 23.3 Å². The van der Waals surface area contributed by atoms with Gasteiger partial charge in [-0.25, -0.2) is 4.79 Å². The van der Waals surface area contributed by atoms with Gasteiger partial charge in [0.05, 0.1) is 0 Å². The predicted octanol–water partition coefficient (Wildman–Crippen LogP) is -0.523. The minimum atomic E-state index is -0.919. The van der Waals surface area contributed by atoms with E-state index in [1.807, 2.05) is 6.07 Å². The fourth-order valence-corrected chi connectivity index (χ4v) is 4.23. The molecule has 1 fully saturated rings. The second-order valence-electron chi connectivity index (χ2n) is 8.23. The number of carbonyl (C=O) groups excluding carboxylic acids is 4. The van der Waals surface area contributed by atoms with Crippen LogP contribution in [0.5, 0.6) is 0 Å². The van der Waals surface area contributed by atoms with E-state index in [-0.39, 0.29) is 47.1 Å². The highest BCUT2D eigenvalue weighted by atomic mass is 16.2. The van der Waals surface area contributed by atoms with Crippen molar-refractivity contribution in [3.8, 4) is 0 Å². The van der Waals surface area contributed by atoms with Gasteiger partial charge in [-0.2, -0.15) is 0 Å². The summed E-state index contributed by atoms with van der Waals surface area (Å²) in [6.45, 7) is 0. The number of benzene rings is 2. The van der Waals surface area contributed by atoms with Crippen LogP contribution in [0.4, 0.5) is 16.2 Å². The number of anilines is 2. The zero-order chi connectivity index (χ0) is 23.2. The van der Waals surface area contributed by atoms with Crippen LogP contribution >= 0.6 is 0 Å². The van der Waals surface area contributed by atoms with Gasteiger partial charge in [-0.1, -0.05) is 29.1 Å². The van der Waals surface area contributed by atoms with Gasteiger partial charge < -0.3 is 16.0 Å². The van der Waals surface area contributed by atoms with E-state index >= 15 is 0 Å². The zero-order valence-corrected chi connectivity index (χ0v) is 17.5. The number of nitrogens with one attached hydrogen (secondary N) is 2. The maximum atomic E-state index is 12.4. The van der Waals surface area contributed by atoms with E-state index in [0.29, 0.717) is 24.1 Å². The van der Waals surface area contributed by atoms with E-state index in [9.17, 15) is 19.2 Å². The number of ketones is 1. The third-order valence-corrected chi connectivity index (χ3v) is 6.19. The lowest BCUT2D eigenvalue weighted by Crippen LogP contribution is -2.48. The lowest BCUT2D eigenvalue weighted by Gasteiger charge is -2.27. The molecule has 1 spiro atoms. The molecule has 1 heterocycles. The monoisotopic (exact) mass is 426 g/mol. The summed E-state index contributed by atoms with van der Waals surface area (Å²) in [7, 11) is 13.1. The minimum Gasteiger partial charge on any atom is -0.400 e. The number of imide groups is 1. The number of nitrogens with two attached hydrogens (primary N) is 1. The molecule has 32 heavy (non-hydrogen) atoms. The Balaban J connectivity index is 1.39. The van der Waals surface area contributed by atoms with Gasteiger partial charge in [-0.15, -0.1) is 0 Å². The first-order chi connectivity index (χ1) is 15.1. The zero-order valence-electron chi connectivity index (χ0n) is 17.5. The van der Waals surface area contributed by atoms with E-state index in [0.717, 1.165) is 11.1 Å². The molecule has 2 aromatic carbocycles. The molecule has 2 aromatic rings. The van der Waals surface area contributed by atoms with E-state index in [1.165, 1.54) is 17.0 Å². The Hall–Kier alpha value is -3.55. The molecule has 0 bridgehead atoms. The van der Waals surface area contributed by atoms with Gasteiger partial charge in [0.2, 0.25) is 5.91 Å². The summed E-state index contributed by atoms with van der Waals surface area (Å²) in [5.41, 5.74) is 8.15. The normalized spacial score (nSPS) is 19.2. The SMILES string of the molecule is [B]c1cc(C(=O)CCC(=O)Nc2ccc3c(c2)CC2(C3)C(=O)NC(=O)N2C)cc([B])c1N. The Bertz CT molecular complexity index is 1160. The fraction of sp³-hybridized carbons (Fsp3) is 0.273. The maximum Gasteiger partial charge on any atom is 0.324 e. The molecule has 0 aromatic heterocycles.